The molecular weight excluding hydrogens is 440 g/mol. The van der Waals surface area contributed by atoms with Crippen molar-refractivity contribution in [2.24, 2.45) is 0 Å². The average molecular weight is 464 g/mol. The van der Waals surface area contributed by atoms with Gasteiger partial charge in [0.1, 0.15) is 12.2 Å². The van der Waals surface area contributed by atoms with Crippen LogP contribution in [-0.2, 0) is 10.0 Å². The fourth-order valence-corrected chi connectivity index (χ4v) is 4.94. The Morgan fingerprint density at radius 1 is 1.29 bits per heavy atom. The summed E-state index contributed by atoms with van der Waals surface area (Å²) in [7, 11) is -4.25. The molecule has 0 aliphatic heterocycles. The van der Waals surface area contributed by atoms with Gasteiger partial charge in [0.25, 0.3) is 5.92 Å². The monoisotopic (exact) mass is 464 g/mol. The number of benzene rings is 1. The largest absolute Gasteiger partial charge is 0.491 e. The number of halogens is 4. The van der Waals surface area contributed by atoms with E-state index in [0.717, 1.165) is 18.2 Å². The third-order valence-electron chi connectivity index (χ3n) is 5.10. The first kappa shape index (κ1) is 23.5. The summed E-state index contributed by atoms with van der Waals surface area (Å²) in [4.78, 5) is -0.396. The smallest absolute Gasteiger partial charge is 0.251 e. The predicted octanol–water partition coefficient (Wildman–Crippen LogP) is 3.56. The van der Waals surface area contributed by atoms with E-state index in [2.05, 4.69) is 14.9 Å². The van der Waals surface area contributed by atoms with Crippen LogP contribution in [0.2, 0.25) is 0 Å². The molecule has 3 rings (SSSR count). The molecule has 2 atom stereocenters. The Kier molecular flexibility index (Phi) is 7.20. The minimum absolute atomic E-state index is 0.0895. The number of ether oxygens (including phenoxy) is 1. The fraction of sp³-hybridized carbons (Fsp3) is 0.579. The van der Waals surface area contributed by atoms with Crippen LogP contribution >= 0.6 is 0 Å². The van der Waals surface area contributed by atoms with Gasteiger partial charge in [-0.15, -0.1) is 10.2 Å². The Morgan fingerprint density at radius 2 is 2.06 bits per heavy atom. The van der Waals surface area contributed by atoms with E-state index in [1.54, 1.807) is 6.92 Å². The van der Waals surface area contributed by atoms with E-state index < -0.39 is 58.3 Å². The first-order valence-corrected chi connectivity index (χ1v) is 11.3. The SMILES string of the molecule is Cc1nncn1[C@H]1C[C@@H](NS(=O)(=O)c2ccc(OCCCCF)c(F)c2)CC(F)(F)C1. The number of aromatic nitrogens is 3. The Balaban J connectivity index is 1.72. The van der Waals surface area contributed by atoms with Crippen LogP contribution in [0.5, 0.6) is 5.75 Å². The zero-order chi connectivity index (χ0) is 22.6. The summed E-state index contributed by atoms with van der Waals surface area (Å²) in [6.07, 6.45) is 1.01. The summed E-state index contributed by atoms with van der Waals surface area (Å²) in [5.41, 5.74) is 0. The molecule has 0 spiro atoms. The number of aryl methyl sites for hydroxylation is 1. The van der Waals surface area contributed by atoms with E-state index in [0.29, 0.717) is 12.2 Å². The van der Waals surface area contributed by atoms with Gasteiger partial charge >= 0.3 is 0 Å². The molecule has 1 aromatic carbocycles. The van der Waals surface area contributed by atoms with E-state index >= 15 is 0 Å². The molecule has 1 saturated carbocycles. The maximum absolute atomic E-state index is 14.3. The van der Waals surface area contributed by atoms with Gasteiger partial charge in [-0.25, -0.2) is 26.3 Å². The number of nitrogens with zero attached hydrogens (tertiary/aromatic N) is 3. The summed E-state index contributed by atoms with van der Waals surface area (Å²) in [6.45, 7) is 1.21. The molecule has 0 amide bonds. The first-order valence-electron chi connectivity index (χ1n) is 9.86. The van der Waals surface area contributed by atoms with Crippen LogP contribution in [0.3, 0.4) is 0 Å². The van der Waals surface area contributed by atoms with Crippen LogP contribution in [0, 0.1) is 12.7 Å². The van der Waals surface area contributed by atoms with Gasteiger partial charge in [-0.2, -0.15) is 0 Å². The van der Waals surface area contributed by atoms with Crippen LogP contribution in [-0.4, -0.2) is 48.4 Å². The number of hydrogen-bond acceptors (Lipinski definition) is 5. The molecule has 7 nitrogen and oxygen atoms in total. The normalized spacial score (nSPS) is 21.2. The average Bonchev–Trinajstić information content (AvgIpc) is 3.10. The van der Waals surface area contributed by atoms with E-state index in [9.17, 15) is 26.0 Å². The van der Waals surface area contributed by atoms with E-state index in [1.807, 2.05) is 0 Å². The van der Waals surface area contributed by atoms with Crippen molar-refractivity contribution in [1.29, 1.82) is 0 Å². The highest BCUT2D eigenvalue weighted by Crippen LogP contribution is 2.40. The van der Waals surface area contributed by atoms with Crippen molar-refractivity contribution in [3.63, 3.8) is 0 Å². The molecule has 12 heteroatoms. The summed E-state index contributed by atoms with van der Waals surface area (Å²) in [5.74, 6) is -3.70. The molecule has 31 heavy (non-hydrogen) atoms. The number of unbranched alkanes of at least 4 members (excludes halogenated alkanes) is 1. The molecule has 1 heterocycles. The molecule has 0 radical (unpaired) electrons. The van der Waals surface area contributed by atoms with Crippen LogP contribution in [0.1, 0.15) is 44.0 Å². The number of sulfonamides is 1. The molecule has 1 aromatic heterocycles. The molecule has 0 saturated heterocycles. The van der Waals surface area contributed by atoms with Crippen LogP contribution in [0.15, 0.2) is 29.4 Å². The third-order valence-corrected chi connectivity index (χ3v) is 6.62. The number of rotatable bonds is 9. The molecule has 1 aliphatic rings. The van der Waals surface area contributed by atoms with Gasteiger partial charge in [0.15, 0.2) is 11.6 Å². The third kappa shape index (κ3) is 5.94. The van der Waals surface area contributed by atoms with Crippen molar-refractivity contribution >= 4 is 10.0 Å². The van der Waals surface area contributed by atoms with Gasteiger partial charge in [0.2, 0.25) is 10.0 Å². The van der Waals surface area contributed by atoms with Crippen molar-refractivity contribution in [1.82, 2.24) is 19.5 Å². The topological polar surface area (TPSA) is 86.1 Å². The number of nitrogens with one attached hydrogen (secondary N) is 1. The molecular formula is C19H24F4N4O3S. The lowest BCUT2D eigenvalue weighted by atomic mass is 9.88. The van der Waals surface area contributed by atoms with Gasteiger partial charge in [0.05, 0.1) is 18.2 Å². The highest BCUT2D eigenvalue weighted by atomic mass is 32.2. The summed E-state index contributed by atoms with van der Waals surface area (Å²) >= 11 is 0. The molecule has 1 N–H and O–H groups in total. The zero-order valence-electron chi connectivity index (χ0n) is 16.9. The van der Waals surface area contributed by atoms with Gasteiger partial charge in [0, 0.05) is 24.9 Å². The first-order chi connectivity index (χ1) is 14.6. The maximum atomic E-state index is 14.3. The standard InChI is InChI=1S/C19H24F4N4O3S/c1-13-25-24-12-27(13)15-8-14(10-19(22,23)11-15)26-31(28,29)16-4-5-18(17(21)9-16)30-7-3-2-6-20/h4-5,9,12,14-15,26H,2-3,6-8,10-11H2,1H3/t14-,15+/m1/s1. The predicted molar refractivity (Wildman–Crippen MR) is 104 cm³/mol. The maximum Gasteiger partial charge on any atom is 0.251 e. The lowest BCUT2D eigenvalue weighted by Gasteiger charge is -2.35. The Hall–Kier alpha value is -2.21. The van der Waals surface area contributed by atoms with Crippen molar-refractivity contribution < 1.29 is 30.7 Å². The summed E-state index contributed by atoms with van der Waals surface area (Å²) < 4.78 is 89.3. The van der Waals surface area contributed by atoms with Crippen molar-refractivity contribution in [3.05, 3.63) is 36.2 Å². The molecule has 1 fully saturated rings. The zero-order valence-corrected chi connectivity index (χ0v) is 17.7. The van der Waals surface area contributed by atoms with Crippen molar-refractivity contribution in [2.45, 2.75) is 61.9 Å². The van der Waals surface area contributed by atoms with E-state index in [4.69, 9.17) is 4.74 Å². The van der Waals surface area contributed by atoms with Gasteiger partial charge in [-0.05, 0) is 44.4 Å². The highest BCUT2D eigenvalue weighted by molar-refractivity contribution is 7.89. The quantitative estimate of drug-likeness (QED) is 0.453. The van der Waals surface area contributed by atoms with Gasteiger partial charge < -0.3 is 9.30 Å². The van der Waals surface area contributed by atoms with Gasteiger partial charge in [-0.3, -0.25) is 4.39 Å². The fourth-order valence-electron chi connectivity index (χ4n) is 3.68. The van der Waals surface area contributed by atoms with Crippen molar-refractivity contribution in [3.8, 4) is 5.75 Å². The highest BCUT2D eigenvalue weighted by Gasteiger charge is 2.43. The summed E-state index contributed by atoms with van der Waals surface area (Å²) in [6, 6.07) is 1.33. The second-order valence-electron chi connectivity index (χ2n) is 7.59. The molecule has 0 unspecified atom stereocenters. The van der Waals surface area contributed by atoms with Crippen LogP contribution < -0.4 is 9.46 Å². The summed E-state index contributed by atoms with van der Waals surface area (Å²) in [5, 5.41) is 7.49. The minimum atomic E-state index is -4.25. The Morgan fingerprint density at radius 3 is 2.71 bits per heavy atom. The number of alkyl halides is 3. The molecule has 0 bridgehead atoms. The second-order valence-corrected chi connectivity index (χ2v) is 9.31. The molecule has 2 aromatic rings. The lowest BCUT2D eigenvalue weighted by Crippen LogP contribution is -2.45. The minimum Gasteiger partial charge on any atom is -0.491 e. The van der Waals surface area contributed by atoms with Crippen molar-refractivity contribution in [2.75, 3.05) is 13.3 Å². The lowest BCUT2D eigenvalue weighted by molar-refractivity contribution is -0.0579. The Bertz CT molecular complexity index is 1000. The Labute approximate surface area is 177 Å². The second kappa shape index (κ2) is 9.51. The number of hydrogen-bond donors (Lipinski definition) is 1. The van der Waals surface area contributed by atoms with Crippen LogP contribution in [0.25, 0.3) is 0 Å². The molecule has 1 aliphatic carbocycles. The molecule has 172 valence electrons. The van der Waals surface area contributed by atoms with E-state index in [-0.39, 0.29) is 25.2 Å². The van der Waals surface area contributed by atoms with E-state index in [1.165, 1.54) is 10.9 Å². The van der Waals surface area contributed by atoms with Gasteiger partial charge in [-0.1, -0.05) is 0 Å². The van der Waals surface area contributed by atoms with Crippen LogP contribution in [0.4, 0.5) is 17.6 Å².